The van der Waals surface area contributed by atoms with E-state index in [9.17, 15) is 20.4 Å². The fourth-order valence-corrected chi connectivity index (χ4v) is 1.95. The molecule has 0 spiro atoms. The van der Waals surface area contributed by atoms with Crippen LogP contribution in [0.4, 0.5) is 17.1 Å². The number of nitrogens with one attached hydrogen (secondary N) is 1. The fraction of sp³-hybridized carbons (Fsp3) is 0.571. The molecule has 1 rings (SSSR count). The van der Waals surface area contributed by atoms with Gasteiger partial charge in [0.15, 0.2) is 0 Å². The zero-order valence-electron chi connectivity index (χ0n) is 12.7. The summed E-state index contributed by atoms with van der Waals surface area (Å²) in [5, 5.41) is 50.0. The maximum absolute atomic E-state index is 9.83. The van der Waals surface area contributed by atoms with Gasteiger partial charge in [-0.1, -0.05) is 0 Å². The molecule has 0 radical (unpaired) electrons. The normalized spacial score (nSPS) is 16.7. The third-order valence-electron chi connectivity index (χ3n) is 3.35. The van der Waals surface area contributed by atoms with Gasteiger partial charge in [0, 0.05) is 26.3 Å². The summed E-state index contributed by atoms with van der Waals surface area (Å²) in [6.07, 6.45) is -6.06. The highest BCUT2D eigenvalue weighted by Gasteiger charge is 2.29. The van der Waals surface area contributed by atoms with Gasteiger partial charge in [0.2, 0.25) is 0 Å². The van der Waals surface area contributed by atoms with Crippen LogP contribution in [-0.4, -0.2) is 77.2 Å². The fourth-order valence-electron chi connectivity index (χ4n) is 1.95. The molecule has 8 heteroatoms. The lowest BCUT2D eigenvalue weighted by Gasteiger charge is -2.26. The molecule has 8 N–H and O–H groups in total. The average molecular weight is 315 g/mol. The molecule has 0 fully saturated rings. The van der Waals surface area contributed by atoms with Gasteiger partial charge in [0.05, 0.1) is 24.1 Å². The highest BCUT2D eigenvalue weighted by molar-refractivity contribution is 5.72. The van der Waals surface area contributed by atoms with Crippen LogP contribution in [0, 0.1) is 0 Å². The Bertz CT molecular complexity index is 472. The van der Waals surface area contributed by atoms with Crippen molar-refractivity contribution in [2.75, 3.05) is 43.2 Å². The monoisotopic (exact) mass is 315 g/mol. The summed E-state index contributed by atoms with van der Waals surface area (Å²) in [5.41, 5.74) is 7.93. The largest absolute Gasteiger partial charge is 0.397 e. The maximum Gasteiger partial charge on any atom is 0.111 e. The molecule has 0 heterocycles. The molecule has 8 nitrogen and oxygen atoms in total. The first kappa shape index (κ1) is 18.5. The molecule has 1 aromatic rings. The third-order valence-corrected chi connectivity index (χ3v) is 3.35. The molecule has 0 saturated carbocycles. The summed E-state index contributed by atoms with van der Waals surface area (Å²) in [6.45, 7) is -0.754. The van der Waals surface area contributed by atoms with Gasteiger partial charge in [-0.05, 0) is 18.2 Å². The number of anilines is 3. The number of hydrogen-bond donors (Lipinski definition) is 7. The molecule has 4 unspecified atom stereocenters. The molecule has 0 aliphatic rings. The van der Waals surface area contributed by atoms with Crippen LogP contribution in [0.1, 0.15) is 0 Å². The van der Waals surface area contributed by atoms with Gasteiger partial charge in [-0.3, -0.25) is 0 Å². The summed E-state index contributed by atoms with van der Waals surface area (Å²) in [6, 6.07) is 5.22. The second kappa shape index (κ2) is 8.16. The highest BCUT2D eigenvalue weighted by atomic mass is 16.4. The van der Waals surface area contributed by atoms with Crippen molar-refractivity contribution in [3.63, 3.8) is 0 Å². The van der Waals surface area contributed by atoms with Crippen molar-refractivity contribution < 1.29 is 25.5 Å². The van der Waals surface area contributed by atoms with E-state index in [1.807, 2.05) is 19.0 Å². The number of aliphatic hydroxyl groups excluding tert-OH is 5. The van der Waals surface area contributed by atoms with Crippen molar-refractivity contribution >= 4 is 17.1 Å². The Morgan fingerprint density at radius 1 is 1.09 bits per heavy atom. The number of rotatable bonds is 8. The van der Waals surface area contributed by atoms with E-state index in [0.717, 1.165) is 5.69 Å². The predicted octanol–water partition coefficient (Wildman–Crippen LogP) is -1.82. The molecule has 4 atom stereocenters. The van der Waals surface area contributed by atoms with Crippen molar-refractivity contribution in [1.82, 2.24) is 0 Å². The van der Waals surface area contributed by atoms with Crippen LogP contribution < -0.4 is 16.0 Å². The predicted molar refractivity (Wildman–Crippen MR) is 84.8 cm³/mol. The zero-order valence-corrected chi connectivity index (χ0v) is 12.7. The van der Waals surface area contributed by atoms with E-state index in [1.54, 1.807) is 18.2 Å². The van der Waals surface area contributed by atoms with Crippen LogP contribution >= 0.6 is 0 Å². The molecule has 0 saturated heterocycles. The quantitative estimate of drug-likeness (QED) is 0.278. The van der Waals surface area contributed by atoms with Gasteiger partial charge in [-0.15, -0.1) is 0 Å². The van der Waals surface area contributed by atoms with E-state index in [4.69, 9.17) is 10.8 Å². The molecule has 126 valence electrons. The number of nitrogen functional groups attached to an aromatic ring is 1. The van der Waals surface area contributed by atoms with E-state index < -0.39 is 31.0 Å². The van der Waals surface area contributed by atoms with Crippen molar-refractivity contribution in [1.29, 1.82) is 0 Å². The summed E-state index contributed by atoms with van der Waals surface area (Å²) in [7, 11) is 3.70. The minimum atomic E-state index is -1.63. The molecule has 0 amide bonds. The third kappa shape index (κ3) is 4.72. The molecule has 0 bridgehead atoms. The molecular formula is C14H25N3O5. The Balaban J connectivity index is 2.64. The molecule has 0 aliphatic carbocycles. The molecule has 0 aromatic heterocycles. The maximum atomic E-state index is 9.83. The smallest absolute Gasteiger partial charge is 0.111 e. The first-order valence-electron chi connectivity index (χ1n) is 6.91. The minimum absolute atomic E-state index is 0.0485. The summed E-state index contributed by atoms with van der Waals surface area (Å²) < 4.78 is 0. The van der Waals surface area contributed by atoms with Gasteiger partial charge in [-0.25, -0.2) is 0 Å². The second-order valence-electron chi connectivity index (χ2n) is 5.35. The van der Waals surface area contributed by atoms with E-state index >= 15 is 0 Å². The topological polar surface area (TPSA) is 142 Å². The van der Waals surface area contributed by atoms with E-state index in [-0.39, 0.29) is 6.54 Å². The van der Waals surface area contributed by atoms with Crippen LogP contribution in [0.2, 0.25) is 0 Å². The Morgan fingerprint density at radius 3 is 2.23 bits per heavy atom. The Labute approximate surface area is 129 Å². The number of aliphatic hydroxyl groups is 5. The van der Waals surface area contributed by atoms with Crippen LogP contribution in [0.15, 0.2) is 18.2 Å². The number of benzene rings is 1. The molecular weight excluding hydrogens is 290 g/mol. The van der Waals surface area contributed by atoms with Crippen LogP contribution in [0.25, 0.3) is 0 Å². The average Bonchev–Trinajstić information content (AvgIpc) is 2.51. The minimum Gasteiger partial charge on any atom is -0.397 e. The van der Waals surface area contributed by atoms with Gasteiger partial charge in [0.25, 0.3) is 0 Å². The van der Waals surface area contributed by atoms with Crippen molar-refractivity contribution in [3.05, 3.63) is 18.2 Å². The van der Waals surface area contributed by atoms with Crippen LogP contribution in [0.5, 0.6) is 0 Å². The lowest BCUT2D eigenvalue weighted by Crippen LogP contribution is -2.48. The van der Waals surface area contributed by atoms with Crippen molar-refractivity contribution in [2.24, 2.45) is 0 Å². The number of nitrogens with two attached hydrogens (primary N) is 1. The van der Waals surface area contributed by atoms with Crippen LogP contribution in [-0.2, 0) is 0 Å². The van der Waals surface area contributed by atoms with Gasteiger partial charge in [-0.2, -0.15) is 0 Å². The van der Waals surface area contributed by atoms with Crippen molar-refractivity contribution in [3.8, 4) is 0 Å². The standard InChI is InChI=1S/C14H25N3O5/c1-17(2)10-5-8(3-4-9(10)15)16-6-11(19)13(21)14(22)12(20)7-18/h3-5,11-14,16,18-22H,6-7,15H2,1-2H3. The lowest BCUT2D eigenvalue weighted by molar-refractivity contribution is -0.111. The second-order valence-corrected chi connectivity index (χ2v) is 5.35. The summed E-state index contributed by atoms with van der Waals surface area (Å²) >= 11 is 0. The summed E-state index contributed by atoms with van der Waals surface area (Å²) in [5.74, 6) is 0. The molecule has 0 aliphatic heterocycles. The van der Waals surface area contributed by atoms with E-state index in [1.165, 1.54) is 0 Å². The van der Waals surface area contributed by atoms with E-state index in [2.05, 4.69) is 5.32 Å². The Hall–Kier alpha value is -1.58. The Kier molecular flexibility index (Phi) is 6.85. The number of nitrogens with zero attached hydrogens (tertiary/aromatic N) is 1. The SMILES string of the molecule is CN(C)c1cc(NCC(O)C(O)C(O)C(O)CO)ccc1N. The molecule has 1 aromatic carbocycles. The molecule has 22 heavy (non-hydrogen) atoms. The first-order chi connectivity index (χ1) is 10.3. The highest BCUT2D eigenvalue weighted by Crippen LogP contribution is 2.25. The van der Waals surface area contributed by atoms with Gasteiger partial charge >= 0.3 is 0 Å². The summed E-state index contributed by atoms with van der Waals surface area (Å²) in [4.78, 5) is 1.84. The van der Waals surface area contributed by atoms with E-state index in [0.29, 0.717) is 11.4 Å². The van der Waals surface area contributed by atoms with Gasteiger partial charge in [0.1, 0.15) is 18.3 Å². The van der Waals surface area contributed by atoms with Crippen LogP contribution in [0.3, 0.4) is 0 Å². The number of hydrogen-bond acceptors (Lipinski definition) is 8. The Morgan fingerprint density at radius 2 is 1.68 bits per heavy atom. The van der Waals surface area contributed by atoms with Gasteiger partial charge < -0.3 is 41.5 Å². The zero-order chi connectivity index (χ0) is 16.9. The van der Waals surface area contributed by atoms with Crippen molar-refractivity contribution in [2.45, 2.75) is 24.4 Å². The first-order valence-corrected chi connectivity index (χ1v) is 6.91. The lowest BCUT2D eigenvalue weighted by atomic mass is 10.0.